The minimum Gasteiger partial charge on any atom is -0.386 e. The van der Waals surface area contributed by atoms with Gasteiger partial charge in [0, 0.05) is 13.1 Å². The van der Waals surface area contributed by atoms with E-state index >= 15 is 0 Å². The summed E-state index contributed by atoms with van der Waals surface area (Å²) in [4.78, 5) is 4.20. The number of sulfonamides is 1. The van der Waals surface area contributed by atoms with Crippen LogP contribution in [0.25, 0.3) is 0 Å². The molecule has 5 nitrogen and oxygen atoms in total. The molecule has 0 unspecified atom stereocenters. The van der Waals surface area contributed by atoms with Crippen LogP contribution < -0.4 is 5.73 Å². The third-order valence-corrected chi connectivity index (χ3v) is 4.96. The Hall–Kier alpha value is -1.11. The number of hydrogen-bond donors (Lipinski definition) is 1. The van der Waals surface area contributed by atoms with Gasteiger partial charge in [-0.3, -0.25) is 0 Å². The fraction of sp³-hybridized carbons (Fsp3) is 0.417. The molecule has 0 aliphatic carbocycles. The Kier molecular flexibility index (Phi) is 5.78. The van der Waals surface area contributed by atoms with Crippen molar-refractivity contribution in [3.63, 3.8) is 0 Å². The summed E-state index contributed by atoms with van der Waals surface area (Å²) < 4.78 is 26.3. The van der Waals surface area contributed by atoms with Gasteiger partial charge in [-0.05, 0) is 12.1 Å². The van der Waals surface area contributed by atoms with E-state index in [4.69, 9.17) is 17.3 Å². The molecule has 0 saturated heterocycles. The molecule has 19 heavy (non-hydrogen) atoms. The molecule has 0 radical (unpaired) electrons. The lowest BCUT2D eigenvalue weighted by Crippen LogP contribution is -2.30. The summed E-state index contributed by atoms with van der Waals surface area (Å²) in [6.07, 6.45) is 0. The maximum absolute atomic E-state index is 12.5. The van der Waals surface area contributed by atoms with Crippen molar-refractivity contribution in [2.45, 2.75) is 18.7 Å². The summed E-state index contributed by atoms with van der Waals surface area (Å²) in [6, 6.07) is 6.50. The lowest BCUT2D eigenvalue weighted by Gasteiger charge is -2.19. The molecule has 0 aliphatic rings. The molecule has 1 rings (SSSR count). The highest BCUT2D eigenvalue weighted by Crippen LogP contribution is 2.26. The van der Waals surface area contributed by atoms with Crippen LogP contribution in [-0.2, 0) is 10.0 Å². The summed E-state index contributed by atoms with van der Waals surface area (Å²) in [5.74, 6) is 0.239. The monoisotopic (exact) mass is 303 g/mol. The topological polar surface area (TPSA) is 75.8 Å². The minimum absolute atomic E-state index is 0.0552. The molecular formula is C12H18ClN3O2S. The van der Waals surface area contributed by atoms with E-state index in [9.17, 15) is 8.42 Å². The second-order valence-electron chi connectivity index (χ2n) is 3.79. The van der Waals surface area contributed by atoms with Crippen LogP contribution in [0.5, 0.6) is 0 Å². The molecule has 1 aromatic carbocycles. The maximum Gasteiger partial charge on any atom is 0.245 e. The van der Waals surface area contributed by atoms with E-state index in [1.54, 1.807) is 32.0 Å². The zero-order chi connectivity index (χ0) is 14.5. The first-order valence-electron chi connectivity index (χ1n) is 5.95. The average molecular weight is 304 g/mol. The van der Waals surface area contributed by atoms with Gasteiger partial charge in [-0.2, -0.15) is 4.31 Å². The Labute approximate surface area is 119 Å². The number of halogens is 1. The van der Waals surface area contributed by atoms with Crippen LogP contribution in [0.2, 0.25) is 0 Å². The molecule has 0 spiro atoms. The van der Waals surface area contributed by atoms with Crippen molar-refractivity contribution in [2.75, 3.05) is 19.0 Å². The van der Waals surface area contributed by atoms with Crippen LogP contribution in [0.1, 0.15) is 13.8 Å². The van der Waals surface area contributed by atoms with E-state index in [0.717, 1.165) is 0 Å². The van der Waals surface area contributed by atoms with Crippen LogP contribution in [0.3, 0.4) is 0 Å². The molecule has 7 heteroatoms. The molecule has 2 N–H and O–H groups in total. The second kappa shape index (κ2) is 6.88. The summed E-state index contributed by atoms with van der Waals surface area (Å²) in [7, 11) is -3.56. The first-order chi connectivity index (χ1) is 8.97. The van der Waals surface area contributed by atoms with E-state index in [1.165, 1.54) is 10.4 Å². The van der Waals surface area contributed by atoms with Crippen molar-refractivity contribution < 1.29 is 8.42 Å². The third-order valence-electron chi connectivity index (χ3n) is 2.59. The summed E-state index contributed by atoms with van der Waals surface area (Å²) in [5.41, 5.74) is 5.88. The molecule has 0 aromatic heterocycles. The second-order valence-corrected chi connectivity index (χ2v) is 5.97. The first-order valence-corrected chi connectivity index (χ1v) is 7.93. The van der Waals surface area contributed by atoms with Crippen molar-refractivity contribution in [3.8, 4) is 0 Å². The van der Waals surface area contributed by atoms with Crippen LogP contribution in [0.15, 0.2) is 34.2 Å². The average Bonchev–Trinajstić information content (AvgIpc) is 2.40. The van der Waals surface area contributed by atoms with Gasteiger partial charge < -0.3 is 5.73 Å². The molecule has 0 aliphatic heterocycles. The van der Waals surface area contributed by atoms with Crippen LogP contribution >= 0.6 is 11.6 Å². The molecule has 0 saturated carbocycles. The number of amidine groups is 1. The van der Waals surface area contributed by atoms with Gasteiger partial charge in [0.15, 0.2) is 0 Å². The van der Waals surface area contributed by atoms with Gasteiger partial charge in [0.05, 0.1) is 11.6 Å². The lowest BCUT2D eigenvalue weighted by molar-refractivity contribution is 0.445. The summed E-state index contributed by atoms with van der Waals surface area (Å²) in [6.45, 7) is 4.39. The largest absolute Gasteiger partial charge is 0.386 e. The Bertz CT molecular complexity index is 554. The third kappa shape index (κ3) is 3.68. The molecule has 0 atom stereocenters. The van der Waals surface area contributed by atoms with E-state index in [0.29, 0.717) is 18.8 Å². The number of alkyl halides is 1. The fourth-order valence-corrected chi connectivity index (χ4v) is 3.30. The van der Waals surface area contributed by atoms with Gasteiger partial charge in [0.25, 0.3) is 0 Å². The number of nitrogens with two attached hydrogens (primary N) is 1. The van der Waals surface area contributed by atoms with Gasteiger partial charge in [-0.1, -0.05) is 26.0 Å². The van der Waals surface area contributed by atoms with Crippen LogP contribution in [-0.4, -0.2) is 37.5 Å². The van der Waals surface area contributed by atoms with Gasteiger partial charge in [0.2, 0.25) is 10.0 Å². The van der Waals surface area contributed by atoms with Crippen LogP contribution in [0.4, 0.5) is 5.69 Å². The number of para-hydroxylation sites is 1. The summed E-state index contributed by atoms with van der Waals surface area (Å²) >= 11 is 5.57. The highest BCUT2D eigenvalue weighted by molar-refractivity contribution is 7.89. The van der Waals surface area contributed by atoms with Crippen molar-refractivity contribution >= 4 is 33.1 Å². The number of hydrogen-bond acceptors (Lipinski definition) is 3. The zero-order valence-corrected chi connectivity index (χ0v) is 12.6. The summed E-state index contributed by atoms with van der Waals surface area (Å²) in [5, 5.41) is 0. The van der Waals surface area contributed by atoms with Crippen molar-refractivity contribution in [3.05, 3.63) is 24.3 Å². The molecule has 0 bridgehead atoms. The molecule has 106 valence electrons. The van der Waals surface area contributed by atoms with Gasteiger partial charge in [-0.25, -0.2) is 13.4 Å². The van der Waals surface area contributed by atoms with E-state index in [2.05, 4.69) is 4.99 Å². The van der Waals surface area contributed by atoms with Crippen molar-refractivity contribution in [2.24, 2.45) is 10.7 Å². The molecular weight excluding hydrogens is 286 g/mol. The zero-order valence-electron chi connectivity index (χ0n) is 11.0. The van der Waals surface area contributed by atoms with Crippen molar-refractivity contribution in [1.82, 2.24) is 4.31 Å². The minimum atomic E-state index is -3.56. The molecule has 1 aromatic rings. The lowest BCUT2D eigenvalue weighted by atomic mass is 10.3. The van der Waals surface area contributed by atoms with Gasteiger partial charge in [0.1, 0.15) is 10.7 Å². The Morgan fingerprint density at radius 1 is 1.32 bits per heavy atom. The molecule has 0 amide bonds. The van der Waals surface area contributed by atoms with Gasteiger partial charge >= 0.3 is 0 Å². The van der Waals surface area contributed by atoms with E-state index in [-0.39, 0.29) is 16.6 Å². The predicted molar refractivity (Wildman–Crippen MR) is 78.6 cm³/mol. The number of aliphatic imine (C=N–C) groups is 1. The Balaban J connectivity index is 3.35. The maximum atomic E-state index is 12.5. The number of rotatable bonds is 6. The highest BCUT2D eigenvalue weighted by Gasteiger charge is 2.24. The highest BCUT2D eigenvalue weighted by atomic mass is 35.5. The first kappa shape index (κ1) is 15.9. The van der Waals surface area contributed by atoms with E-state index in [1.807, 2.05) is 0 Å². The standard InChI is InChI=1S/C12H18ClN3O2S/c1-3-16(4-2)19(17,18)11-8-6-5-7-10(11)15-12(14)9-13/h5-8H,3-4,9H2,1-2H3,(H2,14,15). The van der Waals surface area contributed by atoms with Crippen LogP contribution in [0, 0.1) is 0 Å². The Morgan fingerprint density at radius 3 is 2.42 bits per heavy atom. The Morgan fingerprint density at radius 2 is 1.89 bits per heavy atom. The molecule has 0 heterocycles. The predicted octanol–water partition coefficient (Wildman–Crippen LogP) is 1.94. The smallest absolute Gasteiger partial charge is 0.245 e. The quantitative estimate of drug-likeness (QED) is 0.496. The number of benzene rings is 1. The fourth-order valence-electron chi connectivity index (χ4n) is 1.65. The van der Waals surface area contributed by atoms with Crippen molar-refractivity contribution in [1.29, 1.82) is 0 Å². The normalized spacial score (nSPS) is 12.9. The van der Waals surface area contributed by atoms with Gasteiger partial charge in [-0.15, -0.1) is 11.6 Å². The van der Waals surface area contributed by atoms with E-state index < -0.39 is 10.0 Å². The SMILES string of the molecule is CCN(CC)S(=O)(=O)c1ccccc1N=C(N)CCl. The number of nitrogens with zero attached hydrogens (tertiary/aromatic N) is 2. The molecule has 0 fully saturated rings.